The molecular weight excluding hydrogens is 495 g/mol. The molecule has 0 heterocycles. The van der Waals surface area contributed by atoms with Gasteiger partial charge in [-0.15, -0.1) is 0 Å². The van der Waals surface area contributed by atoms with E-state index in [0.29, 0.717) is 34.3 Å². The number of carbonyl (C=O) groups excluding carboxylic acids is 2. The monoisotopic (exact) mass is 526 g/mol. The van der Waals surface area contributed by atoms with Gasteiger partial charge in [0.05, 0.1) is 0 Å². The Bertz CT molecular complexity index is 1170. The fourth-order valence-electron chi connectivity index (χ4n) is 3.74. The van der Waals surface area contributed by atoms with Crippen molar-refractivity contribution in [3.05, 3.63) is 99.5 Å². The van der Waals surface area contributed by atoms with Gasteiger partial charge in [0.25, 0.3) is 5.91 Å². The van der Waals surface area contributed by atoms with Crippen LogP contribution in [0.15, 0.2) is 72.8 Å². The fourth-order valence-corrected chi connectivity index (χ4v) is 4.21. The predicted octanol–water partition coefficient (Wildman–Crippen LogP) is 6.09. The van der Waals surface area contributed by atoms with Crippen LogP contribution < -0.4 is 10.1 Å². The van der Waals surface area contributed by atoms with Crippen molar-refractivity contribution in [2.24, 2.45) is 5.92 Å². The van der Waals surface area contributed by atoms with Crippen molar-refractivity contribution in [3.63, 3.8) is 0 Å². The number of amides is 2. The van der Waals surface area contributed by atoms with Crippen molar-refractivity contribution in [1.82, 2.24) is 10.2 Å². The van der Waals surface area contributed by atoms with E-state index in [-0.39, 0.29) is 30.9 Å². The molecule has 2 amide bonds. The molecule has 0 aliphatic carbocycles. The summed E-state index contributed by atoms with van der Waals surface area (Å²) in [5.74, 6) is 0.326. The van der Waals surface area contributed by atoms with Crippen LogP contribution in [0.2, 0.25) is 10.0 Å². The fraction of sp³-hybridized carbons (Fsp3) is 0.310. The molecule has 5 nitrogen and oxygen atoms in total. The maximum absolute atomic E-state index is 13.6. The van der Waals surface area contributed by atoms with Gasteiger partial charge in [0.2, 0.25) is 5.91 Å². The lowest BCUT2D eigenvalue weighted by molar-refractivity contribution is -0.142. The van der Waals surface area contributed by atoms with Gasteiger partial charge in [-0.2, -0.15) is 0 Å². The number of benzene rings is 3. The molecule has 1 N–H and O–H groups in total. The number of carbonyl (C=O) groups is 2. The van der Waals surface area contributed by atoms with E-state index in [9.17, 15) is 9.59 Å². The molecule has 3 aromatic rings. The van der Waals surface area contributed by atoms with Crippen molar-refractivity contribution >= 4 is 35.0 Å². The third kappa shape index (κ3) is 8.28. The lowest BCUT2D eigenvalue weighted by Gasteiger charge is -2.32. The zero-order valence-corrected chi connectivity index (χ0v) is 22.4. The van der Waals surface area contributed by atoms with Gasteiger partial charge in [0.1, 0.15) is 11.8 Å². The second-order valence-electron chi connectivity index (χ2n) is 9.21. The largest absolute Gasteiger partial charge is 0.484 e. The highest BCUT2D eigenvalue weighted by Gasteiger charge is 2.31. The molecule has 7 heteroatoms. The maximum Gasteiger partial charge on any atom is 0.261 e. The average molecular weight is 527 g/mol. The van der Waals surface area contributed by atoms with Gasteiger partial charge >= 0.3 is 0 Å². The van der Waals surface area contributed by atoms with Crippen LogP contribution in [0.5, 0.6) is 5.75 Å². The van der Waals surface area contributed by atoms with E-state index in [1.54, 1.807) is 29.2 Å². The van der Waals surface area contributed by atoms with Crippen molar-refractivity contribution in [2.75, 3.05) is 13.2 Å². The Hall–Kier alpha value is -3.02. The summed E-state index contributed by atoms with van der Waals surface area (Å²) < 4.78 is 5.82. The summed E-state index contributed by atoms with van der Waals surface area (Å²) >= 11 is 12.6. The lowest BCUT2D eigenvalue weighted by Crippen LogP contribution is -2.52. The van der Waals surface area contributed by atoms with Crippen molar-refractivity contribution < 1.29 is 14.3 Å². The molecular formula is C29H32Cl2N2O3. The first kappa shape index (κ1) is 27.6. The molecule has 0 spiro atoms. The van der Waals surface area contributed by atoms with Gasteiger partial charge in [0, 0.05) is 29.6 Å². The van der Waals surface area contributed by atoms with Gasteiger partial charge in [-0.3, -0.25) is 9.59 Å². The smallest absolute Gasteiger partial charge is 0.261 e. The Balaban J connectivity index is 1.93. The number of halogens is 2. The van der Waals surface area contributed by atoms with Crippen molar-refractivity contribution in [3.8, 4) is 5.75 Å². The van der Waals surface area contributed by atoms with E-state index < -0.39 is 6.04 Å². The zero-order chi connectivity index (χ0) is 26.1. The van der Waals surface area contributed by atoms with Crippen LogP contribution in [-0.2, 0) is 22.6 Å². The molecule has 0 aliphatic rings. The molecule has 0 radical (unpaired) electrons. The SMILES string of the molecule is Cc1cccc(OCC(=O)N(Cc2ccc(Cl)cc2Cl)[C@H](Cc2ccccc2)C(=O)NCC(C)C)c1. The molecule has 0 saturated carbocycles. The zero-order valence-electron chi connectivity index (χ0n) is 20.8. The second kappa shape index (κ2) is 13.3. The molecule has 3 aromatic carbocycles. The van der Waals surface area contributed by atoms with Crippen LogP contribution in [0.3, 0.4) is 0 Å². The summed E-state index contributed by atoms with van der Waals surface area (Å²) in [7, 11) is 0. The minimum Gasteiger partial charge on any atom is -0.484 e. The number of rotatable bonds is 11. The topological polar surface area (TPSA) is 58.6 Å². The number of ether oxygens (including phenoxy) is 1. The summed E-state index contributed by atoms with van der Waals surface area (Å²) in [6.07, 6.45) is 0.353. The van der Waals surface area contributed by atoms with Gasteiger partial charge in [0.15, 0.2) is 6.61 Å². The van der Waals surface area contributed by atoms with Crippen LogP contribution in [0, 0.1) is 12.8 Å². The van der Waals surface area contributed by atoms with Gasteiger partial charge in [-0.05, 0) is 53.8 Å². The van der Waals surface area contributed by atoms with E-state index in [4.69, 9.17) is 27.9 Å². The Morgan fingerprint density at radius 3 is 2.39 bits per heavy atom. The first-order chi connectivity index (χ1) is 17.2. The van der Waals surface area contributed by atoms with Crippen LogP contribution in [0.4, 0.5) is 0 Å². The van der Waals surface area contributed by atoms with E-state index in [1.165, 1.54) is 0 Å². The number of nitrogens with zero attached hydrogens (tertiary/aromatic N) is 1. The van der Waals surface area contributed by atoms with Crippen molar-refractivity contribution in [2.45, 2.75) is 39.8 Å². The predicted molar refractivity (Wildman–Crippen MR) is 145 cm³/mol. The molecule has 36 heavy (non-hydrogen) atoms. The first-order valence-electron chi connectivity index (χ1n) is 12.0. The van der Waals surface area contributed by atoms with E-state index in [1.807, 2.05) is 69.3 Å². The lowest BCUT2D eigenvalue weighted by atomic mass is 10.0. The summed E-state index contributed by atoms with van der Waals surface area (Å²) in [6, 6.07) is 21.5. The molecule has 0 aromatic heterocycles. The molecule has 0 unspecified atom stereocenters. The van der Waals surface area contributed by atoms with Crippen LogP contribution in [-0.4, -0.2) is 35.9 Å². The van der Waals surface area contributed by atoms with Crippen molar-refractivity contribution in [1.29, 1.82) is 0 Å². The minimum absolute atomic E-state index is 0.138. The highest BCUT2D eigenvalue weighted by molar-refractivity contribution is 6.35. The van der Waals surface area contributed by atoms with Crippen LogP contribution >= 0.6 is 23.2 Å². The van der Waals surface area contributed by atoms with Gasteiger partial charge in [-0.1, -0.05) is 85.6 Å². The third-order valence-corrected chi connectivity index (χ3v) is 6.25. The summed E-state index contributed by atoms with van der Waals surface area (Å²) in [5.41, 5.74) is 2.67. The third-order valence-electron chi connectivity index (χ3n) is 5.66. The van der Waals surface area contributed by atoms with Gasteiger partial charge in [-0.25, -0.2) is 0 Å². The molecule has 3 rings (SSSR count). The van der Waals surface area contributed by atoms with E-state index in [2.05, 4.69) is 5.32 Å². The first-order valence-corrected chi connectivity index (χ1v) is 12.7. The Kier molecular flexibility index (Phi) is 10.2. The summed E-state index contributed by atoms with van der Waals surface area (Å²) in [5, 5.41) is 3.93. The Labute approximate surface area is 223 Å². The molecule has 0 fully saturated rings. The molecule has 0 bridgehead atoms. The summed E-state index contributed by atoms with van der Waals surface area (Å²) in [4.78, 5) is 28.6. The molecule has 0 aliphatic heterocycles. The highest BCUT2D eigenvalue weighted by atomic mass is 35.5. The number of hydrogen-bond donors (Lipinski definition) is 1. The summed E-state index contributed by atoms with van der Waals surface area (Å²) in [6.45, 7) is 6.44. The average Bonchev–Trinajstić information content (AvgIpc) is 2.85. The van der Waals surface area contributed by atoms with Gasteiger partial charge < -0.3 is 15.0 Å². The maximum atomic E-state index is 13.6. The van der Waals surface area contributed by atoms with Crippen LogP contribution in [0.25, 0.3) is 0 Å². The molecule has 190 valence electrons. The second-order valence-corrected chi connectivity index (χ2v) is 10.1. The van der Waals surface area contributed by atoms with Crippen LogP contribution in [0.1, 0.15) is 30.5 Å². The quantitative estimate of drug-likeness (QED) is 0.328. The van der Waals surface area contributed by atoms with E-state index in [0.717, 1.165) is 11.1 Å². The number of hydrogen-bond acceptors (Lipinski definition) is 3. The minimum atomic E-state index is -0.758. The number of nitrogens with one attached hydrogen (secondary N) is 1. The standard InChI is InChI=1S/C29H32Cl2N2O3/c1-20(2)17-32-29(35)27(15-22-9-5-4-6-10-22)33(18-23-12-13-24(30)16-26(23)31)28(34)19-36-25-11-7-8-21(3)14-25/h4-14,16,20,27H,15,17-19H2,1-3H3,(H,32,35)/t27-/m1/s1. The Morgan fingerprint density at radius 2 is 1.72 bits per heavy atom. The molecule has 0 saturated heterocycles. The van der Waals surface area contributed by atoms with E-state index >= 15 is 0 Å². The Morgan fingerprint density at radius 1 is 0.972 bits per heavy atom. The number of aryl methyl sites for hydroxylation is 1. The normalized spacial score (nSPS) is 11.7. The highest BCUT2D eigenvalue weighted by Crippen LogP contribution is 2.24. The molecule has 1 atom stereocenters.